The zero-order chi connectivity index (χ0) is 15.2. The molecule has 2 aromatic rings. The maximum atomic E-state index is 13.4. The van der Waals surface area contributed by atoms with Crippen molar-refractivity contribution in [3.05, 3.63) is 71.3 Å². The van der Waals surface area contributed by atoms with Crippen molar-refractivity contribution in [2.45, 2.75) is 12.5 Å². The maximum absolute atomic E-state index is 13.4. The van der Waals surface area contributed by atoms with Crippen LogP contribution in [0.2, 0.25) is 0 Å². The summed E-state index contributed by atoms with van der Waals surface area (Å²) in [6.07, 6.45) is -0.434. The molecule has 21 heavy (non-hydrogen) atoms. The fraction of sp³-hybridized carbons (Fsp3) is 0.188. The normalized spacial score (nSPS) is 12.0. The van der Waals surface area contributed by atoms with Gasteiger partial charge in [0.25, 0.3) is 5.91 Å². The second kappa shape index (κ2) is 6.95. The third-order valence-electron chi connectivity index (χ3n) is 3.06. The van der Waals surface area contributed by atoms with E-state index in [9.17, 15) is 18.7 Å². The van der Waals surface area contributed by atoms with Gasteiger partial charge in [0.15, 0.2) is 0 Å². The van der Waals surface area contributed by atoms with Crippen LogP contribution in [0.4, 0.5) is 8.78 Å². The van der Waals surface area contributed by atoms with Crippen LogP contribution < -0.4 is 5.32 Å². The van der Waals surface area contributed by atoms with Crippen LogP contribution in [0.15, 0.2) is 48.5 Å². The number of amides is 1. The largest absolute Gasteiger partial charge is 0.388 e. The molecule has 0 aromatic heterocycles. The van der Waals surface area contributed by atoms with Crippen LogP contribution in [0.3, 0.4) is 0 Å². The molecule has 0 saturated carbocycles. The van der Waals surface area contributed by atoms with E-state index in [1.165, 1.54) is 0 Å². The van der Waals surface area contributed by atoms with E-state index < -0.39 is 23.6 Å². The summed E-state index contributed by atoms with van der Waals surface area (Å²) in [6.45, 7) is 0.158. The lowest BCUT2D eigenvalue weighted by atomic mass is 10.1. The summed E-state index contributed by atoms with van der Waals surface area (Å²) in [6, 6.07) is 11.7. The van der Waals surface area contributed by atoms with E-state index in [0.29, 0.717) is 0 Å². The molecule has 0 aliphatic heterocycles. The third kappa shape index (κ3) is 4.10. The second-order valence-corrected chi connectivity index (χ2v) is 4.60. The molecular weight excluding hydrogens is 276 g/mol. The van der Waals surface area contributed by atoms with E-state index in [4.69, 9.17) is 0 Å². The van der Waals surface area contributed by atoms with E-state index >= 15 is 0 Å². The second-order valence-electron chi connectivity index (χ2n) is 4.60. The van der Waals surface area contributed by atoms with Gasteiger partial charge in [-0.15, -0.1) is 0 Å². The lowest BCUT2D eigenvalue weighted by Gasteiger charge is -2.11. The number of carbonyl (C=O) groups excluding carboxylic acids is 1. The minimum absolute atomic E-state index is 0.158. The van der Waals surface area contributed by atoms with E-state index in [0.717, 1.165) is 23.8 Å². The molecule has 0 aliphatic rings. The molecule has 0 saturated heterocycles. The van der Waals surface area contributed by atoms with Crippen molar-refractivity contribution in [2.24, 2.45) is 0 Å². The van der Waals surface area contributed by atoms with Crippen LogP contribution in [0.1, 0.15) is 28.4 Å². The van der Waals surface area contributed by atoms with Gasteiger partial charge in [-0.05, 0) is 30.2 Å². The highest BCUT2D eigenvalue weighted by Gasteiger charge is 2.13. The Morgan fingerprint density at radius 3 is 2.57 bits per heavy atom. The van der Waals surface area contributed by atoms with Gasteiger partial charge in [0.05, 0.1) is 11.7 Å². The standard InChI is InChI=1S/C16H15F2NO2/c17-12-6-7-14(18)13(10-12)16(21)19-9-8-15(20)11-4-2-1-3-5-11/h1-7,10,15,20H,8-9H2,(H,19,21)/t15-/m0/s1. The van der Waals surface area contributed by atoms with Crippen LogP contribution in [0.25, 0.3) is 0 Å². The van der Waals surface area contributed by atoms with E-state index in [2.05, 4.69) is 5.32 Å². The van der Waals surface area contributed by atoms with Crippen molar-refractivity contribution in [1.82, 2.24) is 5.32 Å². The minimum atomic E-state index is -0.780. The average Bonchev–Trinajstić information content (AvgIpc) is 2.50. The third-order valence-corrected chi connectivity index (χ3v) is 3.06. The van der Waals surface area contributed by atoms with Crippen LogP contribution in [-0.4, -0.2) is 17.6 Å². The maximum Gasteiger partial charge on any atom is 0.254 e. The molecule has 110 valence electrons. The van der Waals surface area contributed by atoms with Gasteiger partial charge in [-0.1, -0.05) is 30.3 Å². The van der Waals surface area contributed by atoms with Gasteiger partial charge in [-0.25, -0.2) is 8.78 Å². The van der Waals surface area contributed by atoms with Crippen molar-refractivity contribution in [3.8, 4) is 0 Å². The molecule has 0 fully saturated rings. The Morgan fingerprint density at radius 2 is 1.86 bits per heavy atom. The van der Waals surface area contributed by atoms with Crippen molar-refractivity contribution < 1.29 is 18.7 Å². The van der Waals surface area contributed by atoms with E-state index in [1.807, 2.05) is 6.07 Å². The van der Waals surface area contributed by atoms with Gasteiger partial charge in [0, 0.05) is 6.54 Å². The number of nitrogens with one attached hydrogen (secondary N) is 1. The molecule has 1 atom stereocenters. The van der Waals surface area contributed by atoms with Crippen molar-refractivity contribution in [1.29, 1.82) is 0 Å². The molecule has 0 bridgehead atoms. The van der Waals surface area contributed by atoms with Gasteiger partial charge in [-0.2, -0.15) is 0 Å². The molecule has 1 amide bonds. The molecular formula is C16H15F2NO2. The number of benzene rings is 2. The molecule has 0 heterocycles. The number of rotatable bonds is 5. The number of hydrogen-bond acceptors (Lipinski definition) is 2. The highest BCUT2D eigenvalue weighted by molar-refractivity contribution is 5.94. The van der Waals surface area contributed by atoms with Crippen LogP contribution >= 0.6 is 0 Å². The topological polar surface area (TPSA) is 49.3 Å². The molecule has 0 aliphatic carbocycles. The zero-order valence-corrected chi connectivity index (χ0v) is 11.2. The molecule has 0 spiro atoms. The van der Waals surface area contributed by atoms with Gasteiger partial charge >= 0.3 is 0 Å². The summed E-state index contributed by atoms with van der Waals surface area (Å²) in [5.74, 6) is -2.16. The quantitative estimate of drug-likeness (QED) is 0.890. The molecule has 0 radical (unpaired) electrons. The average molecular weight is 291 g/mol. The SMILES string of the molecule is O=C(NCC[C@H](O)c1ccccc1)c1cc(F)ccc1F. The Morgan fingerprint density at radius 1 is 1.14 bits per heavy atom. The number of halogens is 2. The Hall–Kier alpha value is -2.27. The summed E-state index contributed by atoms with van der Waals surface area (Å²) in [7, 11) is 0. The first kappa shape index (κ1) is 15.1. The van der Waals surface area contributed by atoms with E-state index in [1.54, 1.807) is 24.3 Å². The first-order chi connectivity index (χ1) is 10.1. The number of aliphatic hydroxyl groups is 1. The summed E-state index contributed by atoms with van der Waals surface area (Å²) in [5.41, 5.74) is 0.396. The summed E-state index contributed by atoms with van der Waals surface area (Å²) in [4.78, 5) is 11.7. The lowest BCUT2D eigenvalue weighted by molar-refractivity contribution is 0.0938. The van der Waals surface area contributed by atoms with Crippen LogP contribution in [-0.2, 0) is 0 Å². The van der Waals surface area contributed by atoms with Crippen molar-refractivity contribution in [3.63, 3.8) is 0 Å². The van der Waals surface area contributed by atoms with Gasteiger partial charge in [0.2, 0.25) is 0 Å². The Bertz CT molecular complexity index is 617. The number of hydrogen-bond donors (Lipinski definition) is 2. The molecule has 5 heteroatoms. The highest BCUT2D eigenvalue weighted by atomic mass is 19.1. The first-order valence-electron chi connectivity index (χ1n) is 6.54. The fourth-order valence-electron chi connectivity index (χ4n) is 1.93. The monoisotopic (exact) mass is 291 g/mol. The van der Waals surface area contributed by atoms with E-state index in [-0.39, 0.29) is 18.5 Å². The van der Waals surface area contributed by atoms with Gasteiger partial charge in [0.1, 0.15) is 11.6 Å². The number of carbonyl (C=O) groups is 1. The molecule has 2 rings (SSSR count). The van der Waals surface area contributed by atoms with Crippen molar-refractivity contribution >= 4 is 5.91 Å². The number of aliphatic hydroxyl groups excluding tert-OH is 1. The van der Waals surface area contributed by atoms with Gasteiger partial charge < -0.3 is 10.4 Å². The smallest absolute Gasteiger partial charge is 0.254 e. The Kier molecular flexibility index (Phi) is 5.00. The van der Waals surface area contributed by atoms with Crippen molar-refractivity contribution in [2.75, 3.05) is 6.54 Å². The van der Waals surface area contributed by atoms with Gasteiger partial charge in [-0.3, -0.25) is 4.79 Å². The Labute approximate surface area is 121 Å². The molecule has 0 unspecified atom stereocenters. The molecule has 2 N–H and O–H groups in total. The predicted molar refractivity (Wildman–Crippen MR) is 74.7 cm³/mol. The van der Waals surface area contributed by atoms with Crippen LogP contribution in [0, 0.1) is 11.6 Å². The molecule has 2 aromatic carbocycles. The zero-order valence-electron chi connectivity index (χ0n) is 11.2. The lowest BCUT2D eigenvalue weighted by Crippen LogP contribution is -2.26. The summed E-state index contributed by atoms with van der Waals surface area (Å²) >= 11 is 0. The predicted octanol–water partition coefficient (Wildman–Crippen LogP) is 2.82. The highest BCUT2D eigenvalue weighted by Crippen LogP contribution is 2.15. The minimum Gasteiger partial charge on any atom is -0.388 e. The fourth-order valence-corrected chi connectivity index (χ4v) is 1.93. The first-order valence-corrected chi connectivity index (χ1v) is 6.54. The molecule has 3 nitrogen and oxygen atoms in total. The summed E-state index contributed by atoms with van der Waals surface area (Å²) < 4.78 is 26.4. The summed E-state index contributed by atoms with van der Waals surface area (Å²) in [5, 5.41) is 12.4. The Balaban J connectivity index is 1.88. The van der Waals surface area contributed by atoms with Crippen LogP contribution in [0.5, 0.6) is 0 Å².